The molecule has 0 aromatic carbocycles. The van der Waals surface area contributed by atoms with Gasteiger partial charge in [-0.25, -0.2) is 0 Å². The topological polar surface area (TPSA) is 28.2 Å². The molecule has 1 aromatic heterocycles. The summed E-state index contributed by atoms with van der Waals surface area (Å²) in [6.45, 7) is 8.57. The smallest absolute Gasteiger partial charge is 0.0543 e. The van der Waals surface area contributed by atoms with E-state index >= 15 is 0 Å². The molecule has 1 rings (SSSR count). The fraction of sp³-hybridized carbons (Fsp3) is 0.615. The van der Waals surface area contributed by atoms with Crippen molar-refractivity contribution in [3.05, 3.63) is 30.1 Å². The van der Waals surface area contributed by atoms with Gasteiger partial charge in [-0.05, 0) is 31.6 Å². The predicted molar refractivity (Wildman–Crippen MR) is 68.3 cm³/mol. The van der Waals surface area contributed by atoms with Gasteiger partial charge >= 0.3 is 0 Å². The Morgan fingerprint density at radius 2 is 2.19 bits per heavy atom. The minimum absolute atomic E-state index is 0.723. The monoisotopic (exact) mass is 221 g/mol. The van der Waals surface area contributed by atoms with Gasteiger partial charge < -0.3 is 5.32 Å². The van der Waals surface area contributed by atoms with Crippen molar-refractivity contribution in [2.24, 2.45) is 5.92 Å². The molecule has 0 aliphatic heterocycles. The van der Waals surface area contributed by atoms with Crippen LogP contribution in [0.25, 0.3) is 0 Å². The van der Waals surface area contributed by atoms with E-state index < -0.39 is 0 Å². The minimum Gasteiger partial charge on any atom is -0.315 e. The molecule has 0 saturated carbocycles. The molecule has 0 aliphatic rings. The molecule has 0 aliphatic carbocycles. The van der Waals surface area contributed by atoms with Gasteiger partial charge in [0.05, 0.1) is 5.69 Å². The van der Waals surface area contributed by atoms with Crippen LogP contribution in [0, 0.1) is 5.92 Å². The molecule has 1 N–H and O–H groups in total. The van der Waals surface area contributed by atoms with Crippen LogP contribution >= 0.6 is 0 Å². The molecule has 0 fully saturated rings. The Bertz CT molecular complexity index is 272. The number of aromatic nitrogens is 1. The van der Waals surface area contributed by atoms with E-state index in [0.29, 0.717) is 0 Å². The third-order valence-corrected chi connectivity index (χ3v) is 2.38. The molecule has 3 heteroatoms. The lowest BCUT2D eigenvalue weighted by atomic mass is 10.2. The Balaban J connectivity index is 2.14. The van der Waals surface area contributed by atoms with Crippen LogP contribution in [0.5, 0.6) is 0 Å². The summed E-state index contributed by atoms with van der Waals surface area (Å²) in [4.78, 5) is 6.60. The molecular weight excluding hydrogens is 198 g/mol. The Morgan fingerprint density at radius 1 is 1.38 bits per heavy atom. The molecule has 90 valence electrons. The van der Waals surface area contributed by atoms with Crippen LogP contribution in [0.1, 0.15) is 19.5 Å². The van der Waals surface area contributed by atoms with Gasteiger partial charge in [0, 0.05) is 25.8 Å². The predicted octanol–water partition coefficient (Wildman–Crippen LogP) is 1.76. The number of nitrogens with one attached hydrogen (secondary N) is 1. The van der Waals surface area contributed by atoms with Gasteiger partial charge in [-0.15, -0.1) is 0 Å². The van der Waals surface area contributed by atoms with Crippen LogP contribution in [0.2, 0.25) is 0 Å². The van der Waals surface area contributed by atoms with Crippen LogP contribution < -0.4 is 5.32 Å². The average molecular weight is 221 g/mol. The highest BCUT2D eigenvalue weighted by molar-refractivity contribution is 5.02. The summed E-state index contributed by atoms with van der Waals surface area (Å²) in [6, 6.07) is 6.05. The van der Waals surface area contributed by atoms with E-state index in [1.54, 1.807) is 0 Å². The molecule has 0 spiro atoms. The van der Waals surface area contributed by atoms with E-state index in [9.17, 15) is 0 Å². The van der Waals surface area contributed by atoms with Crippen LogP contribution in [0.4, 0.5) is 0 Å². The standard InChI is InChI=1S/C13H23N3/c1-12(2)10-14-8-9-16(3)11-13-6-4-5-7-15-13/h4-7,12,14H,8-11H2,1-3H3. The lowest BCUT2D eigenvalue weighted by molar-refractivity contribution is 0.318. The zero-order valence-electron chi connectivity index (χ0n) is 10.6. The number of rotatable bonds is 7. The van der Waals surface area contributed by atoms with E-state index in [1.165, 1.54) is 0 Å². The summed E-state index contributed by atoms with van der Waals surface area (Å²) in [5.74, 6) is 0.723. The fourth-order valence-corrected chi connectivity index (χ4v) is 1.51. The van der Waals surface area contributed by atoms with Crippen molar-refractivity contribution >= 4 is 0 Å². The average Bonchev–Trinajstić information content (AvgIpc) is 2.25. The normalized spacial score (nSPS) is 11.3. The van der Waals surface area contributed by atoms with Gasteiger partial charge in [0.1, 0.15) is 0 Å². The Labute approximate surface area is 98.9 Å². The largest absolute Gasteiger partial charge is 0.315 e. The Kier molecular flexibility index (Phi) is 6.04. The summed E-state index contributed by atoms with van der Waals surface area (Å²) in [5.41, 5.74) is 1.13. The SMILES string of the molecule is CC(C)CNCCN(C)Cc1ccccn1. The molecular formula is C13H23N3. The molecule has 1 aromatic rings. The summed E-state index contributed by atoms with van der Waals surface area (Å²) < 4.78 is 0. The maximum atomic E-state index is 4.31. The molecule has 0 bridgehead atoms. The van der Waals surface area contributed by atoms with Gasteiger partial charge in [-0.2, -0.15) is 0 Å². The van der Waals surface area contributed by atoms with E-state index in [2.05, 4.69) is 42.2 Å². The van der Waals surface area contributed by atoms with E-state index in [1.807, 2.05) is 18.3 Å². The van der Waals surface area contributed by atoms with Crippen LogP contribution in [-0.4, -0.2) is 36.6 Å². The number of likely N-dealkylation sites (N-methyl/N-ethyl adjacent to an activating group) is 1. The molecule has 0 unspecified atom stereocenters. The van der Waals surface area contributed by atoms with Crippen molar-refractivity contribution in [2.45, 2.75) is 20.4 Å². The highest BCUT2D eigenvalue weighted by Gasteiger charge is 2.00. The second-order valence-electron chi connectivity index (χ2n) is 4.66. The van der Waals surface area contributed by atoms with Crippen molar-refractivity contribution < 1.29 is 0 Å². The summed E-state index contributed by atoms with van der Waals surface area (Å²) in [6.07, 6.45) is 1.85. The third-order valence-electron chi connectivity index (χ3n) is 2.38. The minimum atomic E-state index is 0.723. The summed E-state index contributed by atoms with van der Waals surface area (Å²) in [5, 5.41) is 3.44. The number of hydrogen-bond donors (Lipinski definition) is 1. The second kappa shape index (κ2) is 7.36. The van der Waals surface area contributed by atoms with E-state index in [0.717, 1.165) is 37.8 Å². The van der Waals surface area contributed by atoms with E-state index in [4.69, 9.17) is 0 Å². The lowest BCUT2D eigenvalue weighted by Crippen LogP contribution is -2.31. The summed E-state index contributed by atoms with van der Waals surface area (Å²) >= 11 is 0. The van der Waals surface area contributed by atoms with Gasteiger partial charge in [0.15, 0.2) is 0 Å². The van der Waals surface area contributed by atoms with Crippen LogP contribution in [0.3, 0.4) is 0 Å². The van der Waals surface area contributed by atoms with Crippen molar-refractivity contribution in [2.75, 3.05) is 26.7 Å². The molecule has 1 heterocycles. The van der Waals surface area contributed by atoms with Gasteiger partial charge in [-0.3, -0.25) is 9.88 Å². The first-order valence-electron chi connectivity index (χ1n) is 5.97. The maximum Gasteiger partial charge on any atom is 0.0543 e. The highest BCUT2D eigenvalue weighted by Crippen LogP contribution is 1.97. The van der Waals surface area contributed by atoms with Crippen LogP contribution in [-0.2, 0) is 6.54 Å². The van der Waals surface area contributed by atoms with Crippen LogP contribution in [0.15, 0.2) is 24.4 Å². The van der Waals surface area contributed by atoms with Gasteiger partial charge in [0.2, 0.25) is 0 Å². The van der Waals surface area contributed by atoms with Crippen molar-refractivity contribution in [3.8, 4) is 0 Å². The molecule has 0 saturated heterocycles. The first-order chi connectivity index (χ1) is 7.68. The zero-order valence-corrected chi connectivity index (χ0v) is 10.6. The van der Waals surface area contributed by atoms with Crippen molar-refractivity contribution in [3.63, 3.8) is 0 Å². The molecule has 16 heavy (non-hydrogen) atoms. The first kappa shape index (κ1) is 13.1. The van der Waals surface area contributed by atoms with Gasteiger partial charge in [-0.1, -0.05) is 19.9 Å². The molecule has 0 radical (unpaired) electrons. The quantitative estimate of drug-likeness (QED) is 0.711. The highest BCUT2D eigenvalue weighted by atomic mass is 15.1. The molecule has 0 amide bonds. The zero-order chi connectivity index (χ0) is 11.8. The van der Waals surface area contributed by atoms with Crippen molar-refractivity contribution in [1.29, 1.82) is 0 Å². The van der Waals surface area contributed by atoms with Gasteiger partial charge in [0.25, 0.3) is 0 Å². The maximum absolute atomic E-state index is 4.31. The van der Waals surface area contributed by atoms with E-state index in [-0.39, 0.29) is 0 Å². The fourth-order valence-electron chi connectivity index (χ4n) is 1.51. The second-order valence-corrected chi connectivity index (χ2v) is 4.66. The molecule has 3 nitrogen and oxygen atoms in total. The lowest BCUT2D eigenvalue weighted by Gasteiger charge is -2.16. The number of hydrogen-bond acceptors (Lipinski definition) is 3. The number of pyridine rings is 1. The van der Waals surface area contributed by atoms with Crippen molar-refractivity contribution in [1.82, 2.24) is 15.2 Å². The third kappa shape index (κ3) is 5.83. The summed E-state index contributed by atoms with van der Waals surface area (Å²) in [7, 11) is 2.13. The molecule has 0 atom stereocenters. The number of nitrogens with zero attached hydrogens (tertiary/aromatic N) is 2. The first-order valence-corrected chi connectivity index (χ1v) is 5.97. The Hall–Kier alpha value is -0.930. The Morgan fingerprint density at radius 3 is 2.81 bits per heavy atom.